The zero-order valence-corrected chi connectivity index (χ0v) is 12.3. The summed E-state index contributed by atoms with van der Waals surface area (Å²) < 4.78 is 27.3. The molecule has 0 unspecified atom stereocenters. The first kappa shape index (κ1) is 13.8. The number of aromatic amines is 1. The molecular formula is C10H8IN3O4S. The Balaban J connectivity index is 2.35. The van der Waals surface area contributed by atoms with Gasteiger partial charge in [-0.1, -0.05) is 0 Å². The summed E-state index contributed by atoms with van der Waals surface area (Å²) in [6.45, 7) is 0. The zero-order valence-electron chi connectivity index (χ0n) is 9.29. The van der Waals surface area contributed by atoms with Gasteiger partial charge in [-0.05, 0) is 46.9 Å². The molecule has 1 aromatic heterocycles. The first-order valence-corrected chi connectivity index (χ1v) is 7.51. The number of hydrogen-bond acceptors (Lipinski definition) is 4. The van der Waals surface area contributed by atoms with E-state index in [1.165, 1.54) is 0 Å². The maximum atomic E-state index is 12.0. The van der Waals surface area contributed by atoms with Crippen LogP contribution in [0, 0.1) is 3.57 Å². The molecule has 0 bridgehead atoms. The van der Waals surface area contributed by atoms with Crippen molar-refractivity contribution >= 4 is 44.3 Å². The molecule has 2 rings (SSSR count). The highest BCUT2D eigenvalue weighted by molar-refractivity contribution is 14.1. The summed E-state index contributed by atoms with van der Waals surface area (Å²) >= 11 is 2.09. The number of halogens is 1. The minimum atomic E-state index is -4.01. The fourth-order valence-corrected chi connectivity index (χ4v) is 2.87. The molecule has 19 heavy (non-hydrogen) atoms. The fraction of sp³-hybridized carbons (Fsp3) is 0. The third-order valence-corrected chi connectivity index (χ3v) is 4.27. The molecule has 0 radical (unpaired) electrons. The summed E-state index contributed by atoms with van der Waals surface area (Å²) in [5.41, 5.74) is -0.0654. The van der Waals surface area contributed by atoms with Gasteiger partial charge in [0, 0.05) is 9.26 Å². The monoisotopic (exact) mass is 393 g/mol. The van der Waals surface area contributed by atoms with Crippen molar-refractivity contribution < 1.29 is 18.3 Å². The van der Waals surface area contributed by atoms with Crippen molar-refractivity contribution in [2.24, 2.45) is 0 Å². The lowest BCUT2D eigenvalue weighted by Crippen LogP contribution is -2.16. The quantitative estimate of drug-likeness (QED) is 0.682. The smallest absolute Gasteiger partial charge is 0.340 e. The standard InChI is InChI=1S/C10H8IN3O4S/c11-6-1-3-7(4-2-6)14-19(17,18)9-8(10(15)16)5-12-13-9/h1-5,14H,(H,12,13)(H,15,16). The van der Waals surface area contributed by atoms with E-state index in [1.807, 2.05) is 0 Å². The predicted octanol–water partition coefficient (Wildman–Crippen LogP) is 1.51. The molecule has 7 nitrogen and oxygen atoms in total. The number of nitrogens with one attached hydrogen (secondary N) is 2. The molecule has 0 atom stereocenters. The number of aromatic nitrogens is 2. The van der Waals surface area contributed by atoms with Crippen LogP contribution in [0.4, 0.5) is 5.69 Å². The molecule has 0 amide bonds. The summed E-state index contributed by atoms with van der Waals surface area (Å²) in [7, 11) is -4.01. The van der Waals surface area contributed by atoms with Crippen molar-refractivity contribution in [1.82, 2.24) is 10.2 Å². The van der Waals surface area contributed by atoms with E-state index in [0.717, 1.165) is 9.77 Å². The number of H-pyrrole nitrogens is 1. The van der Waals surface area contributed by atoms with E-state index in [4.69, 9.17) is 5.11 Å². The van der Waals surface area contributed by atoms with Gasteiger partial charge in [-0.2, -0.15) is 13.5 Å². The van der Waals surface area contributed by atoms with Crippen LogP contribution >= 0.6 is 22.6 Å². The Bertz CT molecular complexity index is 709. The first-order valence-electron chi connectivity index (χ1n) is 4.95. The summed E-state index contributed by atoms with van der Waals surface area (Å²) in [6.07, 6.45) is 0.949. The van der Waals surface area contributed by atoms with Gasteiger partial charge in [0.2, 0.25) is 0 Å². The van der Waals surface area contributed by atoms with Gasteiger partial charge >= 0.3 is 5.97 Å². The molecule has 2 aromatic rings. The van der Waals surface area contributed by atoms with Crippen LogP contribution < -0.4 is 4.72 Å². The molecule has 0 aliphatic rings. The highest BCUT2D eigenvalue weighted by Crippen LogP contribution is 2.18. The number of anilines is 1. The number of hydrogen-bond donors (Lipinski definition) is 3. The van der Waals surface area contributed by atoms with E-state index in [-0.39, 0.29) is 0 Å². The van der Waals surface area contributed by atoms with Gasteiger partial charge < -0.3 is 5.11 Å². The van der Waals surface area contributed by atoms with Gasteiger partial charge in [0.05, 0.1) is 6.20 Å². The van der Waals surface area contributed by atoms with Gasteiger partial charge in [0.15, 0.2) is 5.03 Å². The average molecular weight is 393 g/mol. The van der Waals surface area contributed by atoms with E-state index < -0.39 is 26.6 Å². The van der Waals surface area contributed by atoms with Gasteiger partial charge in [-0.15, -0.1) is 0 Å². The average Bonchev–Trinajstić information content (AvgIpc) is 2.82. The number of carboxylic acid groups (broad SMARTS) is 1. The van der Waals surface area contributed by atoms with Crippen LogP contribution in [0.5, 0.6) is 0 Å². The molecule has 1 aromatic carbocycles. The van der Waals surface area contributed by atoms with Crippen LogP contribution in [0.15, 0.2) is 35.5 Å². The molecule has 9 heteroatoms. The Morgan fingerprint density at radius 1 is 1.32 bits per heavy atom. The molecule has 1 heterocycles. The van der Waals surface area contributed by atoms with Crippen molar-refractivity contribution in [3.05, 3.63) is 39.6 Å². The SMILES string of the molecule is O=C(O)c1cn[nH]c1S(=O)(=O)Nc1ccc(I)cc1. The lowest BCUT2D eigenvalue weighted by Gasteiger charge is -2.06. The number of carboxylic acids is 1. The molecule has 0 fully saturated rings. The minimum Gasteiger partial charge on any atom is -0.478 e. The minimum absolute atomic E-state index is 0.339. The van der Waals surface area contributed by atoms with Crippen molar-refractivity contribution in [3.8, 4) is 0 Å². The number of carbonyl (C=O) groups is 1. The normalized spacial score (nSPS) is 11.2. The summed E-state index contributed by atoms with van der Waals surface area (Å²) in [5, 5.41) is 14.0. The zero-order chi connectivity index (χ0) is 14.0. The Hall–Kier alpha value is -1.62. The van der Waals surface area contributed by atoms with Gasteiger partial charge in [0.1, 0.15) is 5.56 Å². The summed E-state index contributed by atoms with van der Waals surface area (Å²) in [5.74, 6) is -1.36. The van der Waals surface area contributed by atoms with Crippen molar-refractivity contribution in [1.29, 1.82) is 0 Å². The van der Waals surface area contributed by atoms with Crippen LogP contribution in [-0.4, -0.2) is 29.7 Å². The van der Waals surface area contributed by atoms with Gasteiger partial charge in [-0.3, -0.25) is 9.82 Å². The number of rotatable bonds is 4. The summed E-state index contributed by atoms with van der Waals surface area (Å²) in [6, 6.07) is 6.61. The van der Waals surface area contributed by atoms with E-state index in [2.05, 4.69) is 37.5 Å². The second kappa shape index (κ2) is 5.17. The van der Waals surface area contributed by atoms with Crippen molar-refractivity contribution in [2.45, 2.75) is 5.03 Å². The molecule has 3 N–H and O–H groups in total. The Morgan fingerprint density at radius 2 is 1.95 bits per heavy atom. The molecule has 100 valence electrons. The topological polar surface area (TPSA) is 112 Å². The van der Waals surface area contributed by atoms with E-state index in [1.54, 1.807) is 24.3 Å². The van der Waals surface area contributed by atoms with Crippen molar-refractivity contribution in [3.63, 3.8) is 0 Å². The highest BCUT2D eigenvalue weighted by Gasteiger charge is 2.24. The van der Waals surface area contributed by atoms with E-state index >= 15 is 0 Å². The Labute approximate surface area is 122 Å². The fourth-order valence-electron chi connectivity index (χ4n) is 1.36. The molecule has 0 spiro atoms. The number of nitrogens with zero attached hydrogens (tertiary/aromatic N) is 1. The van der Waals surface area contributed by atoms with E-state index in [0.29, 0.717) is 5.69 Å². The third kappa shape index (κ3) is 3.04. The number of sulfonamides is 1. The number of aromatic carboxylic acids is 1. The lowest BCUT2D eigenvalue weighted by molar-refractivity contribution is 0.0692. The van der Waals surface area contributed by atoms with Gasteiger partial charge in [0.25, 0.3) is 10.0 Å². The maximum absolute atomic E-state index is 12.0. The van der Waals surface area contributed by atoms with Crippen LogP contribution in [-0.2, 0) is 10.0 Å². The van der Waals surface area contributed by atoms with Crippen LogP contribution in [0.3, 0.4) is 0 Å². The second-order valence-corrected chi connectivity index (χ2v) is 6.40. The Kier molecular flexibility index (Phi) is 3.75. The van der Waals surface area contributed by atoms with Crippen LogP contribution in [0.1, 0.15) is 10.4 Å². The summed E-state index contributed by atoms with van der Waals surface area (Å²) in [4.78, 5) is 10.9. The lowest BCUT2D eigenvalue weighted by atomic mass is 10.3. The molecule has 0 saturated carbocycles. The molecule has 0 saturated heterocycles. The highest BCUT2D eigenvalue weighted by atomic mass is 127. The third-order valence-electron chi connectivity index (χ3n) is 2.20. The maximum Gasteiger partial charge on any atom is 0.340 e. The predicted molar refractivity (Wildman–Crippen MR) is 75.5 cm³/mol. The van der Waals surface area contributed by atoms with E-state index in [9.17, 15) is 13.2 Å². The number of benzene rings is 1. The van der Waals surface area contributed by atoms with Crippen LogP contribution in [0.25, 0.3) is 0 Å². The Morgan fingerprint density at radius 3 is 2.53 bits per heavy atom. The van der Waals surface area contributed by atoms with Crippen LogP contribution in [0.2, 0.25) is 0 Å². The molecule has 0 aliphatic carbocycles. The van der Waals surface area contributed by atoms with Crippen molar-refractivity contribution in [2.75, 3.05) is 4.72 Å². The molecular weight excluding hydrogens is 385 g/mol. The largest absolute Gasteiger partial charge is 0.478 e. The van der Waals surface area contributed by atoms with Gasteiger partial charge in [-0.25, -0.2) is 4.79 Å². The molecule has 0 aliphatic heterocycles. The second-order valence-electron chi connectivity index (χ2n) is 3.53. The first-order chi connectivity index (χ1) is 8.90.